The highest BCUT2D eigenvalue weighted by Crippen LogP contribution is 2.09. The molecular formula is C10H11ClN2OS. The summed E-state index contributed by atoms with van der Waals surface area (Å²) in [4.78, 5) is 11.6. The van der Waals surface area contributed by atoms with Crippen LogP contribution in [0.2, 0.25) is 5.02 Å². The second-order valence-corrected chi connectivity index (χ2v) is 4.01. The Hall–Kier alpha value is -1.13. The first kappa shape index (κ1) is 11.9. The quantitative estimate of drug-likeness (QED) is 0.783. The number of carbonyl (C=O) groups excluding carboxylic acids is 1. The summed E-state index contributed by atoms with van der Waals surface area (Å²) in [7, 11) is 0. The summed E-state index contributed by atoms with van der Waals surface area (Å²) in [6, 6.07) is 7.11. The lowest BCUT2D eigenvalue weighted by atomic mass is 10.1. The molecule has 0 saturated heterocycles. The molecule has 1 amide bonds. The highest BCUT2D eigenvalue weighted by Gasteiger charge is 2.02. The van der Waals surface area contributed by atoms with Gasteiger partial charge in [-0.15, -0.1) is 0 Å². The Kier molecular flexibility index (Phi) is 4.52. The smallest absolute Gasteiger partial charge is 0.224 e. The van der Waals surface area contributed by atoms with Gasteiger partial charge in [-0.2, -0.15) is 0 Å². The zero-order valence-corrected chi connectivity index (χ0v) is 9.57. The van der Waals surface area contributed by atoms with Crippen molar-refractivity contribution in [1.82, 2.24) is 5.32 Å². The maximum atomic E-state index is 11.3. The van der Waals surface area contributed by atoms with Gasteiger partial charge in [0.1, 0.15) is 0 Å². The molecule has 0 aliphatic carbocycles. The normalized spacial score (nSPS) is 9.67. The largest absolute Gasteiger partial charge is 0.392 e. The Bertz CT molecular complexity index is 364. The number of rotatable bonds is 4. The zero-order valence-electron chi connectivity index (χ0n) is 8.00. The molecule has 0 bridgehead atoms. The van der Waals surface area contributed by atoms with Crippen LogP contribution in [0.3, 0.4) is 0 Å². The van der Waals surface area contributed by atoms with Gasteiger partial charge in [-0.25, -0.2) is 0 Å². The third-order valence-corrected chi connectivity index (χ3v) is 2.13. The van der Waals surface area contributed by atoms with E-state index in [-0.39, 0.29) is 17.4 Å². The lowest BCUT2D eigenvalue weighted by molar-refractivity contribution is -0.120. The third kappa shape index (κ3) is 4.76. The van der Waals surface area contributed by atoms with Crippen LogP contribution in [0.15, 0.2) is 24.3 Å². The van der Waals surface area contributed by atoms with Crippen molar-refractivity contribution in [3.8, 4) is 0 Å². The monoisotopic (exact) mass is 242 g/mol. The van der Waals surface area contributed by atoms with Crippen LogP contribution in [0.25, 0.3) is 0 Å². The second kappa shape index (κ2) is 5.68. The molecule has 0 unspecified atom stereocenters. The number of thiocarbonyl (C=S) groups is 1. The fourth-order valence-corrected chi connectivity index (χ4v) is 1.23. The summed E-state index contributed by atoms with van der Waals surface area (Å²) in [5.74, 6) is -0.106. The first-order valence-electron chi connectivity index (χ1n) is 4.37. The molecule has 0 saturated carbocycles. The average molecular weight is 243 g/mol. The van der Waals surface area contributed by atoms with Gasteiger partial charge in [-0.1, -0.05) is 36.0 Å². The molecule has 0 atom stereocenters. The number of amides is 1. The Morgan fingerprint density at radius 1 is 1.40 bits per heavy atom. The van der Waals surface area contributed by atoms with Crippen LogP contribution in [0.5, 0.6) is 0 Å². The van der Waals surface area contributed by atoms with E-state index in [1.54, 1.807) is 12.1 Å². The van der Waals surface area contributed by atoms with Gasteiger partial charge in [0, 0.05) is 5.02 Å². The van der Waals surface area contributed by atoms with Gasteiger partial charge >= 0.3 is 0 Å². The van der Waals surface area contributed by atoms with Crippen molar-refractivity contribution in [1.29, 1.82) is 0 Å². The topological polar surface area (TPSA) is 55.1 Å². The summed E-state index contributed by atoms with van der Waals surface area (Å²) >= 11 is 10.4. The standard InChI is InChI=1S/C10H11ClN2OS/c11-8-3-1-7(2-4-8)5-10(14)13-6-9(12)15/h1-4H,5-6H2,(H2,12,15)(H,13,14). The van der Waals surface area contributed by atoms with E-state index in [0.29, 0.717) is 11.4 Å². The number of hydrogen-bond donors (Lipinski definition) is 2. The zero-order chi connectivity index (χ0) is 11.3. The molecule has 1 aromatic rings. The molecule has 0 spiro atoms. The van der Waals surface area contributed by atoms with Gasteiger partial charge in [0.15, 0.2) is 0 Å². The van der Waals surface area contributed by atoms with Crippen molar-refractivity contribution in [2.75, 3.05) is 6.54 Å². The number of carbonyl (C=O) groups is 1. The second-order valence-electron chi connectivity index (χ2n) is 3.05. The lowest BCUT2D eigenvalue weighted by Crippen LogP contribution is -2.33. The summed E-state index contributed by atoms with van der Waals surface area (Å²) in [6.45, 7) is 0.238. The fraction of sp³-hybridized carbons (Fsp3) is 0.200. The first-order valence-corrected chi connectivity index (χ1v) is 5.16. The summed E-state index contributed by atoms with van der Waals surface area (Å²) in [6.07, 6.45) is 0.305. The third-order valence-electron chi connectivity index (χ3n) is 1.74. The SMILES string of the molecule is NC(=S)CNC(=O)Cc1ccc(Cl)cc1. The minimum absolute atomic E-state index is 0.106. The summed E-state index contributed by atoms with van der Waals surface area (Å²) in [5, 5.41) is 3.26. The van der Waals surface area contributed by atoms with E-state index in [1.807, 2.05) is 12.1 Å². The predicted octanol–water partition coefficient (Wildman–Crippen LogP) is 1.28. The number of nitrogens with two attached hydrogens (primary N) is 1. The van der Waals surface area contributed by atoms with Crippen LogP contribution in [0.1, 0.15) is 5.56 Å². The molecule has 0 aliphatic heterocycles. The number of hydrogen-bond acceptors (Lipinski definition) is 2. The number of benzene rings is 1. The maximum Gasteiger partial charge on any atom is 0.224 e. The molecule has 15 heavy (non-hydrogen) atoms. The van der Waals surface area contributed by atoms with Crippen LogP contribution in [-0.4, -0.2) is 17.4 Å². The van der Waals surface area contributed by atoms with Gasteiger partial charge < -0.3 is 11.1 Å². The molecule has 3 nitrogen and oxygen atoms in total. The van der Waals surface area contributed by atoms with E-state index in [2.05, 4.69) is 17.5 Å². The molecular weight excluding hydrogens is 232 g/mol. The van der Waals surface area contributed by atoms with Crippen molar-refractivity contribution in [3.05, 3.63) is 34.9 Å². The molecule has 1 rings (SSSR count). The van der Waals surface area contributed by atoms with Gasteiger partial charge in [-0.3, -0.25) is 4.79 Å². The van der Waals surface area contributed by atoms with Crippen LogP contribution < -0.4 is 11.1 Å². The molecule has 0 aliphatic rings. The number of halogens is 1. The molecule has 80 valence electrons. The predicted molar refractivity (Wildman–Crippen MR) is 65.0 cm³/mol. The van der Waals surface area contributed by atoms with Crippen molar-refractivity contribution in [2.45, 2.75) is 6.42 Å². The first-order chi connectivity index (χ1) is 7.08. The Morgan fingerprint density at radius 2 is 2.00 bits per heavy atom. The van der Waals surface area contributed by atoms with Crippen LogP contribution in [0.4, 0.5) is 0 Å². The Balaban J connectivity index is 2.44. The van der Waals surface area contributed by atoms with E-state index in [1.165, 1.54) is 0 Å². The molecule has 0 radical (unpaired) electrons. The van der Waals surface area contributed by atoms with Crippen molar-refractivity contribution in [3.63, 3.8) is 0 Å². The van der Waals surface area contributed by atoms with E-state index < -0.39 is 0 Å². The van der Waals surface area contributed by atoms with E-state index in [9.17, 15) is 4.79 Å². The van der Waals surface area contributed by atoms with E-state index in [4.69, 9.17) is 17.3 Å². The Morgan fingerprint density at radius 3 is 2.53 bits per heavy atom. The van der Waals surface area contributed by atoms with Crippen molar-refractivity contribution < 1.29 is 4.79 Å². The van der Waals surface area contributed by atoms with E-state index >= 15 is 0 Å². The summed E-state index contributed by atoms with van der Waals surface area (Å²) < 4.78 is 0. The fourth-order valence-electron chi connectivity index (χ4n) is 1.04. The van der Waals surface area contributed by atoms with Crippen molar-refractivity contribution >= 4 is 34.7 Å². The molecule has 0 heterocycles. The average Bonchev–Trinajstić information content (AvgIpc) is 2.19. The Labute approximate surface area is 98.6 Å². The van der Waals surface area contributed by atoms with Crippen LogP contribution in [-0.2, 0) is 11.2 Å². The van der Waals surface area contributed by atoms with Crippen LogP contribution in [0, 0.1) is 0 Å². The maximum absolute atomic E-state index is 11.3. The summed E-state index contributed by atoms with van der Waals surface area (Å²) in [5.41, 5.74) is 6.16. The van der Waals surface area contributed by atoms with Gasteiger partial charge in [0.2, 0.25) is 5.91 Å². The molecule has 5 heteroatoms. The van der Waals surface area contributed by atoms with Gasteiger partial charge in [0.05, 0.1) is 18.0 Å². The molecule has 3 N–H and O–H groups in total. The lowest BCUT2D eigenvalue weighted by Gasteiger charge is -2.03. The number of nitrogens with one attached hydrogen (secondary N) is 1. The van der Waals surface area contributed by atoms with Gasteiger partial charge in [-0.05, 0) is 17.7 Å². The van der Waals surface area contributed by atoms with Crippen LogP contribution >= 0.6 is 23.8 Å². The molecule has 0 fully saturated rings. The molecule has 0 aromatic heterocycles. The minimum Gasteiger partial charge on any atom is -0.392 e. The minimum atomic E-state index is -0.106. The van der Waals surface area contributed by atoms with Crippen molar-refractivity contribution in [2.24, 2.45) is 5.73 Å². The van der Waals surface area contributed by atoms with Gasteiger partial charge in [0.25, 0.3) is 0 Å². The molecule has 1 aromatic carbocycles. The van der Waals surface area contributed by atoms with E-state index in [0.717, 1.165) is 5.56 Å². The highest BCUT2D eigenvalue weighted by molar-refractivity contribution is 7.80. The highest BCUT2D eigenvalue weighted by atomic mass is 35.5.